The van der Waals surface area contributed by atoms with E-state index in [1.807, 2.05) is 18.2 Å². The number of rotatable bonds is 14. The van der Waals surface area contributed by atoms with E-state index in [4.69, 9.17) is 4.74 Å². The average Bonchev–Trinajstić information content (AvgIpc) is 2.90. The molecular weight excluding hydrogens is 447 g/mol. The van der Waals surface area contributed by atoms with Crippen molar-refractivity contribution in [2.45, 2.75) is 90.6 Å². The summed E-state index contributed by atoms with van der Waals surface area (Å²) in [5, 5.41) is 0. The fourth-order valence-electron chi connectivity index (χ4n) is 4.50. The minimum Gasteiger partial charge on any atom is -0.424 e. The Morgan fingerprint density at radius 2 is 1.25 bits per heavy atom. The fraction of sp³-hybridized carbons (Fsp3) is 0.424. The summed E-state index contributed by atoms with van der Waals surface area (Å²) < 4.78 is 20.2. The van der Waals surface area contributed by atoms with Crippen molar-refractivity contribution in [3.8, 4) is 28.0 Å². The second-order valence-electron chi connectivity index (χ2n) is 9.98. The third-order valence-electron chi connectivity index (χ3n) is 6.81. The van der Waals surface area contributed by atoms with E-state index in [0.717, 1.165) is 42.4 Å². The number of carbonyl (C=O) groups is 1. The first-order chi connectivity index (χ1) is 17.4. The standard InChI is InChI=1S/C33H41FO2/c1-4-6-8-10-14-26-17-19-27(20-18-26)30-15-11-12-16-31(30)28-21-23-29(24-22-28)36-32(35)33(3,34)25-13-9-7-5-2/h11-12,15-24H,4-10,13-14,25H2,1-3H3. The van der Waals surface area contributed by atoms with Crippen molar-refractivity contribution >= 4 is 5.97 Å². The minimum atomic E-state index is -1.97. The van der Waals surface area contributed by atoms with Crippen LogP contribution in [0, 0.1) is 0 Å². The average molecular weight is 489 g/mol. The van der Waals surface area contributed by atoms with Crippen LogP contribution in [0.5, 0.6) is 5.75 Å². The number of ether oxygens (including phenoxy) is 1. The molecule has 1 atom stereocenters. The van der Waals surface area contributed by atoms with Gasteiger partial charge in [0.1, 0.15) is 5.75 Å². The zero-order valence-electron chi connectivity index (χ0n) is 22.2. The van der Waals surface area contributed by atoms with Crippen LogP contribution in [0.3, 0.4) is 0 Å². The number of halogens is 1. The maximum Gasteiger partial charge on any atom is 0.348 e. The highest BCUT2D eigenvalue weighted by atomic mass is 19.1. The Kier molecular flexibility index (Phi) is 10.7. The molecule has 0 amide bonds. The highest BCUT2D eigenvalue weighted by Crippen LogP contribution is 2.33. The van der Waals surface area contributed by atoms with Gasteiger partial charge in [0, 0.05) is 0 Å². The van der Waals surface area contributed by atoms with Gasteiger partial charge in [-0.2, -0.15) is 0 Å². The van der Waals surface area contributed by atoms with Gasteiger partial charge in [-0.25, -0.2) is 9.18 Å². The molecule has 3 heteroatoms. The Morgan fingerprint density at radius 3 is 1.81 bits per heavy atom. The molecule has 0 aliphatic carbocycles. The zero-order chi connectivity index (χ0) is 25.8. The van der Waals surface area contributed by atoms with Crippen molar-refractivity contribution in [3.05, 3.63) is 78.4 Å². The Bertz CT molecular complexity index is 1070. The number of alkyl halides is 1. The van der Waals surface area contributed by atoms with Crippen LogP contribution < -0.4 is 4.74 Å². The molecule has 3 rings (SSSR count). The SMILES string of the molecule is CCCCCCc1ccc(-c2ccccc2-c2ccc(OC(=O)C(C)(F)CCCCCC)cc2)cc1. The van der Waals surface area contributed by atoms with E-state index in [1.165, 1.54) is 43.7 Å². The van der Waals surface area contributed by atoms with Gasteiger partial charge in [-0.05, 0) is 72.6 Å². The first-order valence-corrected chi connectivity index (χ1v) is 13.6. The number of unbranched alkanes of at least 4 members (excludes halogenated alkanes) is 6. The van der Waals surface area contributed by atoms with Gasteiger partial charge < -0.3 is 4.74 Å². The van der Waals surface area contributed by atoms with E-state index in [2.05, 4.69) is 56.3 Å². The molecule has 3 aromatic rings. The summed E-state index contributed by atoms with van der Waals surface area (Å²) in [5.41, 5.74) is 3.87. The first-order valence-electron chi connectivity index (χ1n) is 13.6. The van der Waals surface area contributed by atoms with Gasteiger partial charge in [0.25, 0.3) is 0 Å². The van der Waals surface area contributed by atoms with Crippen molar-refractivity contribution in [2.24, 2.45) is 0 Å². The molecule has 192 valence electrons. The van der Waals surface area contributed by atoms with Gasteiger partial charge in [0.15, 0.2) is 0 Å². The highest BCUT2D eigenvalue weighted by molar-refractivity contribution is 5.84. The molecule has 0 aromatic heterocycles. The smallest absolute Gasteiger partial charge is 0.348 e. The van der Waals surface area contributed by atoms with Crippen LogP contribution in [0.25, 0.3) is 22.3 Å². The summed E-state index contributed by atoms with van der Waals surface area (Å²) in [6, 6.07) is 24.5. The minimum absolute atomic E-state index is 0.189. The molecule has 0 spiro atoms. The Balaban J connectivity index is 1.67. The van der Waals surface area contributed by atoms with Crippen LogP contribution in [0.15, 0.2) is 72.8 Å². The molecule has 36 heavy (non-hydrogen) atoms. The molecule has 2 nitrogen and oxygen atoms in total. The fourth-order valence-corrected chi connectivity index (χ4v) is 4.50. The van der Waals surface area contributed by atoms with E-state index in [-0.39, 0.29) is 6.42 Å². The molecule has 1 unspecified atom stereocenters. The van der Waals surface area contributed by atoms with Crippen molar-refractivity contribution in [1.82, 2.24) is 0 Å². The van der Waals surface area contributed by atoms with E-state index in [0.29, 0.717) is 12.2 Å². The lowest BCUT2D eigenvalue weighted by molar-refractivity contribution is -0.147. The Hall–Kier alpha value is -2.94. The maximum atomic E-state index is 14.8. The van der Waals surface area contributed by atoms with E-state index in [9.17, 15) is 9.18 Å². The molecule has 0 aliphatic rings. The zero-order valence-corrected chi connectivity index (χ0v) is 22.2. The summed E-state index contributed by atoms with van der Waals surface area (Å²) in [6.45, 7) is 5.67. The van der Waals surface area contributed by atoms with Gasteiger partial charge in [-0.3, -0.25) is 0 Å². The van der Waals surface area contributed by atoms with Gasteiger partial charge in [0.05, 0.1) is 0 Å². The summed E-state index contributed by atoms with van der Waals surface area (Å²) >= 11 is 0. The van der Waals surface area contributed by atoms with Crippen LogP contribution >= 0.6 is 0 Å². The summed E-state index contributed by atoms with van der Waals surface area (Å²) in [5.74, 6) is -0.451. The quantitative estimate of drug-likeness (QED) is 0.128. The molecule has 0 saturated heterocycles. The van der Waals surface area contributed by atoms with E-state index >= 15 is 0 Å². The molecule has 0 fully saturated rings. The van der Waals surface area contributed by atoms with E-state index in [1.54, 1.807) is 12.1 Å². The molecule has 3 aromatic carbocycles. The van der Waals surface area contributed by atoms with Crippen LogP contribution in [0.2, 0.25) is 0 Å². The van der Waals surface area contributed by atoms with Crippen molar-refractivity contribution in [3.63, 3.8) is 0 Å². The monoisotopic (exact) mass is 488 g/mol. The topological polar surface area (TPSA) is 26.3 Å². The van der Waals surface area contributed by atoms with Crippen LogP contribution in [-0.4, -0.2) is 11.6 Å². The summed E-state index contributed by atoms with van der Waals surface area (Å²) in [6.07, 6.45) is 10.1. The van der Waals surface area contributed by atoms with Gasteiger partial charge >= 0.3 is 5.97 Å². The predicted octanol–water partition coefficient (Wildman–Crippen LogP) is 9.75. The van der Waals surface area contributed by atoms with Gasteiger partial charge in [-0.15, -0.1) is 0 Å². The molecule has 0 saturated carbocycles. The van der Waals surface area contributed by atoms with Crippen LogP contribution in [0.1, 0.15) is 84.1 Å². The predicted molar refractivity (Wildman–Crippen MR) is 149 cm³/mol. The number of aryl methyl sites for hydroxylation is 1. The number of benzene rings is 3. The molecule has 0 bridgehead atoms. The largest absolute Gasteiger partial charge is 0.424 e. The molecule has 0 N–H and O–H groups in total. The molecule has 0 radical (unpaired) electrons. The van der Waals surface area contributed by atoms with Crippen molar-refractivity contribution in [1.29, 1.82) is 0 Å². The highest BCUT2D eigenvalue weighted by Gasteiger charge is 2.34. The van der Waals surface area contributed by atoms with Crippen LogP contribution in [-0.2, 0) is 11.2 Å². The maximum absolute atomic E-state index is 14.8. The normalized spacial score (nSPS) is 12.8. The second kappa shape index (κ2) is 14.0. The Morgan fingerprint density at radius 1 is 0.722 bits per heavy atom. The van der Waals surface area contributed by atoms with Gasteiger partial charge in [0.2, 0.25) is 5.67 Å². The lowest BCUT2D eigenvalue weighted by Gasteiger charge is -2.18. The number of hydrogen-bond acceptors (Lipinski definition) is 2. The third kappa shape index (κ3) is 8.05. The lowest BCUT2D eigenvalue weighted by atomic mass is 9.93. The Labute approximate surface area is 216 Å². The van der Waals surface area contributed by atoms with Crippen molar-refractivity contribution in [2.75, 3.05) is 0 Å². The molecule has 0 heterocycles. The number of hydrogen-bond donors (Lipinski definition) is 0. The summed E-state index contributed by atoms with van der Waals surface area (Å²) in [4.78, 5) is 12.4. The first kappa shape index (κ1) is 27.6. The number of carbonyl (C=O) groups excluding carboxylic acids is 1. The second-order valence-corrected chi connectivity index (χ2v) is 9.98. The lowest BCUT2D eigenvalue weighted by Crippen LogP contribution is -2.34. The molecular formula is C33H41FO2. The number of esters is 1. The van der Waals surface area contributed by atoms with Crippen molar-refractivity contribution < 1.29 is 13.9 Å². The van der Waals surface area contributed by atoms with E-state index < -0.39 is 11.6 Å². The van der Waals surface area contributed by atoms with Crippen LogP contribution in [0.4, 0.5) is 4.39 Å². The molecule has 0 aliphatic heterocycles. The summed E-state index contributed by atoms with van der Waals surface area (Å²) in [7, 11) is 0. The van der Waals surface area contributed by atoms with Gasteiger partial charge in [-0.1, -0.05) is 113 Å². The third-order valence-corrected chi connectivity index (χ3v) is 6.81.